The minimum absolute atomic E-state index is 0.255. The molecule has 2 aromatic heterocycles. The number of halogens is 3. The van der Waals surface area contributed by atoms with Crippen LogP contribution in [0.2, 0.25) is 0 Å². The van der Waals surface area contributed by atoms with E-state index in [9.17, 15) is 18.0 Å². The Morgan fingerprint density at radius 1 is 1.43 bits per heavy atom. The number of nitrogens with zero attached hydrogens (tertiary/aromatic N) is 4. The summed E-state index contributed by atoms with van der Waals surface area (Å²) in [6, 6.07) is 1.77. The summed E-state index contributed by atoms with van der Waals surface area (Å²) in [5, 5.41) is 9.73. The Labute approximate surface area is 118 Å². The van der Waals surface area contributed by atoms with E-state index < -0.39 is 23.3 Å². The van der Waals surface area contributed by atoms with Crippen molar-refractivity contribution in [2.45, 2.75) is 19.1 Å². The fourth-order valence-electron chi connectivity index (χ4n) is 1.83. The summed E-state index contributed by atoms with van der Waals surface area (Å²) in [6.45, 7) is 0.831. The van der Waals surface area contributed by atoms with Crippen molar-refractivity contribution in [3.05, 3.63) is 35.9 Å². The van der Waals surface area contributed by atoms with Gasteiger partial charge in [0.1, 0.15) is 0 Å². The van der Waals surface area contributed by atoms with Crippen LogP contribution in [0.15, 0.2) is 24.7 Å². The van der Waals surface area contributed by atoms with E-state index in [1.54, 1.807) is 23.1 Å². The van der Waals surface area contributed by atoms with Gasteiger partial charge in [-0.25, -0.2) is 0 Å². The Morgan fingerprint density at radius 2 is 2.19 bits per heavy atom. The molecule has 2 aromatic rings. The second kappa shape index (κ2) is 5.98. The van der Waals surface area contributed by atoms with Gasteiger partial charge in [0.25, 0.3) is 5.91 Å². The Kier molecular flexibility index (Phi) is 4.29. The third-order valence-corrected chi connectivity index (χ3v) is 2.75. The van der Waals surface area contributed by atoms with E-state index >= 15 is 0 Å². The maximum absolute atomic E-state index is 12.7. The maximum Gasteiger partial charge on any atom is 0.435 e. The van der Waals surface area contributed by atoms with Gasteiger partial charge in [-0.05, 0) is 12.5 Å². The molecule has 0 atom stereocenters. The molecule has 0 aliphatic carbocycles. The maximum atomic E-state index is 12.7. The number of hydrogen-bond acceptors (Lipinski definition) is 3. The molecule has 0 unspecified atom stereocenters. The van der Waals surface area contributed by atoms with E-state index in [2.05, 4.69) is 15.5 Å². The highest BCUT2D eigenvalue weighted by Crippen LogP contribution is 2.30. The normalized spacial score (nSPS) is 11.6. The van der Waals surface area contributed by atoms with Gasteiger partial charge >= 0.3 is 6.18 Å². The molecular weight excluding hydrogens is 287 g/mol. The number of aromatic nitrogens is 4. The van der Waals surface area contributed by atoms with Gasteiger partial charge in [0.15, 0.2) is 5.69 Å². The SMILES string of the molecule is Cn1cc(C(=O)NCCCn2cccn2)c(C(F)(F)F)n1. The van der Waals surface area contributed by atoms with Crippen LogP contribution in [0, 0.1) is 0 Å². The predicted octanol–water partition coefficient (Wildman–Crippen LogP) is 1.46. The first-order chi connectivity index (χ1) is 9.88. The fourth-order valence-corrected chi connectivity index (χ4v) is 1.83. The van der Waals surface area contributed by atoms with Crippen LogP contribution in [0.25, 0.3) is 0 Å². The summed E-state index contributed by atoms with van der Waals surface area (Å²) in [4.78, 5) is 11.8. The average molecular weight is 301 g/mol. The molecule has 0 aromatic carbocycles. The van der Waals surface area contributed by atoms with Crippen LogP contribution in [0.1, 0.15) is 22.5 Å². The molecule has 0 saturated heterocycles. The monoisotopic (exact) mass is 301 g/mol. The molecule has 0 saturated carbocycles. The first-order valence-corrected chi connectivity index (χ1v) is 6.24. The Hall–Kier alpha value is -2.32. The van der Waals surface area contributed by atoms with Gasteiger partial charge in [-0.3, -0.25) is 14.2 Å². The van der Waals surface area contributed by atoms with Crippen LogP contribution >= 0.6 is 0 Å². The first kappa shape index (κ1) is 15.1. The zero-order valence-corrected chi connectivity index (χ0v) is 11.3. The smallest absolute Gasteiger partial charge is 0.352 e. The van der Waals surface area contributed by atoms with Crippen molar-refractivity contribution < 1.29 is 18.0 Å². The molecule has 0 bridgehead atoms. The number of aryl methyl sites for hydroxylation is 2. The molecule has 114 valence electrons. The van der Waals surface area contributed by atoms with Gasteiger partial charge in [0, 0.05) is 38.7 Å². The number of rotatable bonds is 5. The average Bonchev–Trinajstić information content (AvgIpc) is 3.02. The molecule has 0 fully saturated rings. The van der Waals surface area contributed by atoms with Crippen molar-refractivity contribution in [3.8, 4) is 0 Å². The van der Waals surface area contributed by atoms with E-state index in [1.165, 1.54) is 7.05 Å². The van der Waals surface area contributed by atoms with Crippen molar-refractivity contribution in [1.82, 2.24) is 24.9 Å². The van der Waals surface area contributed by atoms with Gasteiger partial charge < -0.3 is 5.32 Å². The number of nitrogens with one attached hydrogen (secondary N) is 1. The molecule has 0 aliphatic heterocycles. The lowest BCUT2D eigenvalue weighted by Gasteiger charge is -2.07. The summed E-state index contributed by atoms with van der Waals surface area (Å²) in [6.07, 6.45) is 0.373. The van der Waals surface area contributed by atoms with Crippen LogP contribution in [0.5, 0.6) is 0 Å². The summed E-state index contributed by atoms with van der Waals surface area (Å²) >= 11 is 0. The summed E-state index contributed by atoms with van der Waals surface area (Å²) in [5.74, 6) is -0.782. The molecule has 0 radical (unpaired) electrons. The molecular formula is C12H14F3N5O. The van der Waals surface area contributed by atoms with E-state index in [0.29, 0.717) is 13.0 Å². The molecule has 0 spiro atoms. The van der Waals surface area contributed by atoms with Crippen LogP contribution in [-0.4, -0.2) is 32.0 Å². The summed E-state index contributed by atoms with van der Waals surface area (Å²) in [5.41, 5.74) is -1.64. The highest BCUT2D eigenvalue weighted by atomic mass is 19.4. The number of carbonyl (C=O) groups is 1. The molecule has 1 N–H and O–H groups in total. The van der Waals surface area contributed by atoms with Gasteiger partial charge in [0.05, 0.1) is 5.56 Å². The second-order valence-electron chi connectivity index (χ2n) is 4.44. The predicted molar refractivity (Wildman–Crippen MR) is 67.4 cm³/mol. The Morgan fingerprint density at radius 3 is 2.81 bits per heavy atom. The standard InChI is InChI=1S/C12H14F3N5O/c1-19-8-9(10(18-19)12(13,14)15)11(21)16-4-2-6-20-7-3-5-17-20/h3,5,7-8H,2,4,6H2,1H3,(H,16,21). The lowest BCUT2D eigenvalue weighted by molar-refractivity contribution is -0.141. The zero-order chi connectivity index (χ0) is 15.5. The van der Waals surface area contributed by atoms with Gasteiger partial charge in [-0.1, -0.05) is 0 Å². The largest absolute Gasteiger partial charge is 0.435 e. The molecule has 6 nitrogen and oxygen atoms in total. The number of amides is 1. The summed E-state index contributed by atoms with van der Waals surface area (Å²) in [7, 11) is 1.34. The third-order valence-electron chi connectivity index (χ3n) is 2.75. The van der Waals surface area contributed by atoms with E-state index in [0.717, 1.165) is 10.9 Å². The highest BCUT2D eigenvalue weighted by molar-refractivity contribution is 5.95. The lowest BCUT2D eigenvalue weighted by atomic mass is 10.2. The minimum atomic E-state index is -4.65. The summed E-state index contributed by atoms with van der Waals surface area (Å²) < 4.78 is 40.8. The van der Waals surface area contributed by atoms with Crippen molar-refractivity contribution >= 4 is 5.91 Å². The van der Waals surface area contributed by atoms with Crippen LogP contribution in [-0.2, 0) is 19.8 Å². The van der Waals surface area contributed by atoms with Crippen LogP contribution in [0.3, 0.4) is 0 Å². The topological polar surface area (TPSA) is 64.7 Å². The Bertz CT molecular complexity index is 603. The van der Waals surface area contributed by atoms with E-state index in [1.807, 2.05) is 0 Å². The third kappa shape index (κ3) is 3.83. The van der Waals surface area contributed by atoms with E-state index in [-0.39, 0.29) is 6.54 Å². The van der Waals surface area contributed by atoms with Gasteiger partial charge in [0.2, 0.25) is 0 Å². The molecule has 2 rings (SSSR count). The van der Waals surface area contributed by atoms with Crippen molar-refractivity contribution in [3.63, 3.8) is 0 Å². The van der Waals surface area contributed by atoms with Crippen molar-refractivity contribution in [2.24, 2.45) is 7.05 Å². The highest BCUT2D eigenvalue weighted by Gasteiger charge is 2.38. The number of alkyl halides is 3. The van der Waals surface area contributed by atoms with Crippen molar-refractivity contribution in [1.29, 1.82) is 0 Å². The second-order valence-corrected chi connectivity index (χ2v) is 4.44. The molecule has 0 aliphatic rings. The molecule has 2 heterocycles. The van der Waals surface area contributed by atoms with Gasteiger partial charge in [-0.2, -0.15) is 23.4 Å². The van der Waals surface area contributed by atoms with Gasteiger partial charge in [-0.15, -0.1) is 0 Å². The quantitative estimate of drug-likeness (QED) is 0.850. The van der Waals surface area contributed by atoms with E-state index in [4.69, 9.17) is 0 Å². The van der Waals surface area contributed by atoms with Crippen molar-refractivity contribution in [2.75, 3.05) is 6.54 Å². The minimum Gasteiger partial charge on any atom is -0.352 e. The molecule has 21 heavy (non-hydrogen) atoms. The number of hydrogen-bond donors (Lipinski definition) is 1. The van der Waals surface area contributed by atoms with Crippen LogP contribution in [0.4, 0.5) is 13.2 Å². The molecule has 1 amide bonds. The Balaban J connectivity index is 1.91. The van der Waals surface area contributed by atoms with Crippen LogP contribution < -0.4 is 5.32 Å². The first-order valence-electron chi connectivity index (χ1n) is 6.24. The zero-order valence-electron chi connectivity index (χ0n) is 11.3. The number of carbonyl (C=O) groups excluding carboxylic acids is 1. The molecule has 9 heteroatoms. The lowest BCUT2D eigenvalue weighted by Crippen LogP contribution is -2.27. The fraction of sp³-hybridized carbons (Fsp3) is 0.417.